The van der Waals surface area contributed by atoms with Crippen molar-refractivity contribution < 1.29 is 14.2 Å². The van der Waals surface area contributed by atoms with E-state index < -0.39 is 0 Å². The van der Waals surface area contributed by atoms with Gasteiger partial charge in [-0.25, -0.2) is 0 Å². The zero-order valence-electron chi connectivity index (χ0n) is 10.4. The Kier molecular flexibility index (Phi) is 3.74. The van der Waals surface area contributed by atoms with Crippen molar-refractivity contribution in [2.75, 3.05) is 13.4 Å². The molecule has 0 aromatic heterocycles. The molecule has 0 saturated heterocycles. The molecule has 1 aliphatic rings. The van der Waals surface area contributed by atoms with Crippen LogP contribution in [0.2, 0.25) is 0 Å². The number of fused-ring (bicyclic) bond motifs is 1. The monoisotopic (exact) mass is 237 g/mol. The van der Waals surface area contributed by atoms with Crippen LogP contribution in [0.5, 0.6) is 17.2 Å². The Labute approximate surface area is 102 Å². The van der Waals surface area contributed by atoms with Crippen molar-refractivity contribution in [2.45, 2.75) is 32.7 Å². The van der Waals surface area contributed by atoms with E-state index in [9.17, 15) is 0 Å². The van der Waals surface area contributed by atoms with Crippen molar-refractivity contribution in [3.05, 3.63) is 17.7 Å². The second-order valence-electron chi connectivity index (χ2n) is 4.12. The van der Waals surface area contributed by atoms with Crippen LogP contribution < -0.4 is 19.9 Å². The summed E-state index contributed by atoms with van der Waals surface area (Å²) in [6.07, 6.45) is 1.74. The summed E-state index contributed by atoms with van der Waals surface area (Å²) in [6, 6.07) is 4.02. The van der Waals surface area contributed by atoms with Gasteiger partial charge in [-0.15, -0.1) is 0 Å². The van der Waals surface area contributed by atoms with E-state index in [-0.39, 0.29) is 12.8 Å². The van der Waals surface area contributed by atoms with Crippen molar-refractivity contribution in [3.8, 4) is 17.2 Å². The summed E-state index contributed by atoms with van der Waals surface area (Å²) in [4.78, 5) is 0. The van der Waals surface area contributed by atoms with Crippen LogP contribution in [0, 0.1) is 0 Å². The second kappa shape index (κ2) is 5.27. The lowest BCUT2D eigenvalue weighted by Crippen LogP contribution is -2.21. The van der Waals surface area contributed by atoms with Crippen LogP contribution in [0.15, 0.2) is 12.1 Å². The van der Waals surface area contributed by atoms with Gasteiger partial charge in [-0.3, -0.25) is 0 Å². The molecule has 1 aliphatic heterocycles. The molecule has 0 radical (unpaired) electrons. The Morgan fingerprint density at radius 2 is 2.00 bits per heavy atom. The van der Waals surface area contributed by atoms with Crippen molar-refractivity contribution in [2.24, 2.45) is 5.73 Å². The highest BCUT2D eigenvalue weighted by Crippen LogP contribution is 2.38. The van der Waals surface area contributed by atoms with E-state index in [4.69, 9.17) is 19.9 Å². The van der Waals surface area contributed by atoms with E-state index >= 15 is 0 Å². The predicted molar refractivity (Wildman–Crippen MR) is 65.7 cm³/mol. The summed E-state index contributed by atoms with van der Waals surface area (Å²) in [5.74, 6) is 2.38. The molecular weight excluding hydrogens is 218 g/mol. The van der Waals surface area contributed by atoms with E-state index in [0.29, 0.717) is 6.61 Å². The summed E-state index contributed by atoms with van der Waals surface area (Å²) in [6.45, 7) is 4.96. The minimum atomic E-state index is 0.148. The van der Waals surface area contributed by atoms with Gasteiger partial charge >= 0.3 is 0 Å². The third-order valence-electron chi connectivity index (χ3n) is 2.86. The van der Waals surface area contributed by atoms with E-state index in [2.05, 4.69) is 6.92 Å². The molecule has 17 heavy (non-hydrogen) atoms. The summed E-state index contributed by atoms with van der Waals surface area (Å²) in [7, 11) is 0. The normalized spacial score (nSPS) is 14.8. The standard InChI is InChI=1S/C13H19NO3/c1-3-10(14)5-9-6-12-13(17-8-16-12)7-11(9)15-4-2/h6-7,10H,3-5,8,14H2,1-2H3. The van der Waals surface area contributed by atoms with Gasteiger partial charge in [0.15, 0.2) is 11.5 Å². The largest absolute Gasteiger partial charge is 0.493 e. The van der Waals surface area contributed by atoms with Crippen LogP contribution >= 0.6 is 0 Å². The Hall–Kier alpha value is -1.42. The summed E-state index contributed by atoms with van der Waals surface area (Å²) in [5.41, 5.74) is 7.08. The highest BCUT2D eigenvalue weighted by atomic mass is 16.7. The lowest BCUT2D eigenvalue weighted by atomic mass is 10.0. The molecule has 1 unspecified atom stereocenters. The Bertz CT molecular complexity index is 392. The first-order valence-corrected chi connectivity index (χ1v) is 6.05. The number of ether oxygens (including phenoxy) is 3. The van der Waals surface area contributed by atoms with Gasteiger partial charge in [0.05, 0.1) is 6.61 Å². The quantitative estimate of drug-likeness (QED) is 0.852. The maximum Gasteiger partial charge on any atom is 0.231 e. The lowest BCUT2D eigenvalue weighted by molar-refractivity contribution is 0.173. The average Bonchev–Trinajstić information content (AvgIpc) is 2.76. The maximum atomic E-state index is 5.99. The van der Waals surface area contributed by atoms with E-state index in [1.54, 1.807) is 0 Å². The minimum absolute atomic E-state index is 0.148. The first-order chi connectivity index (χ1) is 8.24. The Balaban J connectivity index is 2.27. The zero-order chi connectivity index (χ0) is 12.3. The highest BCUT2D eigenvalue weighted by Gasteiger charge is 2.18. The SMILES string of the molecule is CCOc1cc2c(cc1CC(N)CC)OCO2. The van der Waals surface area contributed by atoms with Crippen molar-refractivity contribution in [1.82, 2.24) is 0 Å². The molecule has 0 spiro atoms. The van der Waals surface area contributed by atoms with E-state index in [1.807, 2.05) is 19.1 Å². The number of hydrogen-bond acceptors (Lipinski definition) is 4. The van der Waals surface area contributed by atoms with Crippen LogP contribution in [-0.2, 0) is 6.42 Å². The van der Waals surface area contributed by atoms with Gasteiger partial charge in [0, 0.05) is 12.1 Å². The number of nitrogens with two attached hydrogens (primary N) is 1. The molecule has 0 aliphatic carbocycles. The maximum absolute atomic E-state index is 5.99. The Morgan fingerprint density at radius 3 is 2.65 bits per heavy atom. The molecule has 0 bridgehead atoms. The first-order valence-electron chi connectivity index (χ1n) is 6.05. The summed E-state index contributed by atoms with van der Waals surface area (Å²) >= 11 is 0. The van der Waals surface area contributed by atoms with Crippen LogP contribution in [0.4, 0.5) is 0 Å². The van der Waals surface area contributed by atoms with Gasteiger partial charge in [0.1, 0.15) is 5.75 Å². The fourth-order valence-corrected chi connectivity index (χ4v) is 1.84. The van der Waals surface area contributed by atoms with E-state index in [0.717, 1.165) is 35.7 Å². The molecule has 0 saturated carbocycles. The number of hydrogen-bond donors (Lipinski definition) is 1. The van der Waals surface area contributed by atoms with Gasteiger partial charge in [-0.05, 0) is 31.4 Å². The smallest absolute Gasteiger partial charge is 0.231 e. The minimum Gasteiger partial charge on any atom is -0.493 e. The van der Waals surface area contributed by atoms with Crippen LogP contribution in [-0.4, -0.2) is 19.4 Å². The van der Waals surface area contributed by atoms with Gasteiger partial charge in [-0.2, -0.15) is 0 Å². The topological polar surface area (TPSA) is 53.7 Å². The molecular formula is C13H19NO3. The highest BCUT2D eigenvalue weighted by molar-refractivity contribution is 5.52. The molecule has 0 fully saturated rings. The van der Waals surface area contributed by atoms with Crippen LogP contribution in [0.3, 0.4) is 0 Å². The van der Waals surface area contributed by atoms with Crippen LogP contribution in [0.25, 0.3) is 0 Å². The fourth-order valence-electron chi connectivity index (χ4n) is 1.84. The average molecular weight is 237 g/mol. The summed E-state index contributed by atoms with van der Waals surface area (Å²) < 4.78 is 16.3. The Morgan fingerprint density at radius 1 is 1.29 bits per heavy atom. The lowest BCUT2D eigenvalue weighted by Gasteiger charge is -2.14. The molecule has 2 N–H and O–H groups in total. The van der Waals surface area contributed by atoms with Crippen molar-refractivity contribution in [3.63, 3.8) is 0 Å². The fraction of sp³-hybridized carbons (Fsp3) is 0.538. The molecule has 94 valence electrons. The predicted octanol–water partition coefficient (Wildman–Crippen LogP) is 2.09. The van der Waals surface area contributed by atoms with Gasteiger partial charge in [0.2, 0.25) is 6.79 Å². The van der Waals surface area contributed by atoms with Crippen molar-refractivity contribution >= 4 is 0 Å². The zero-order valence-corrected chi connectivity index (χ0v) is 10.4. The first kappa shape index (κ1) is 12.0. The van der Waals surface area contributed by atoms with Crippen molar-refractivity contribution in [1.29, 1.82) is 0 Å². The third-order valence-corrected chi connectivity index (χ3v) is 2.86. The molecule has 0 amide bonds. The molecule has 1 aromatic rings. The molecule has 4 nitrogen and oxygen atoms in total. The number of benzene rings is 1. The summed E-state index contributed by atoms with van der Waals surface area (Å²) in [5, 5.41) is 0. The van der Waals surface area contributed by atoms with E-state index in [1.165, 1.54) is 0 Å². The second-order valence-corrected chi connectivity index (χ2v) is 4.12. The molecule has 4 heteroatoms. The van der Waals surface area contributed by atoms with Gasteiger partial charge < -0.3 is 19.9 Å². The molecule has 1 heterocycles. The van der Waals surface area contributed by atoms with Gasteiger partial charge in [0.25, 0.3) is 0 Å². The van der Waals surface area contributed by atoms with Crippen LogP contribution in [0.1, 0.15) is 25.8 Å². The molecule has 2 rings (SSSR count). The molecule has 1 atom stereocenters. The van der Waals surface area contributed by atoms with Gasteiger partial charge in [-0.1, -0.05) is 6.92 Å². The molecule has 1 aromatic carbocycles. The number of rotatable bonds is 5. The third kappa shape index (κ3) is 2.64.